The number of hydrogen-bond acceptors (Lipinski definition) is 3. The van der Waals surface area contributed by atoms with Crippen LogP contribution in [0.2, 0.25) is 0 Å². The van der Waals surface area contributed by atoms with Crippen LogP contribution in [0.4, 0.5) is 0 Å². The van der Waals surface area contributed by atoms with Crippen LogP contribution in [0.3, 0.4) is 0 Å². The number of carbonyl (C=O) groups excluding carboxylic acids is 1. The maximum absolute atomic E-state index is 11.1. The van der Waals surface area contributed by atoms with Crippen molar-refractivity contribution in [3.63, 3.8) is 0 Å². The summed E-state index contributed by atoms with van der Waals surface area (Å²) in [6, 6.07) is 1.95. The summed E-state index contributed by atoms with van der Waals surface area (Å²) < 4.78 is 0. The summed E-state index contributed by atoms with van der Waals surface area (Å²) in [4.78, 5) is 23.9. The third kappa shape index (κ3) is 1.12. The van der Waals surface area contributed by atoms with E-state index in [9.17, 15) is 9.59 Å². The lowest BCUT2D eigenvalue weighted by atomic mass is 9.99. The van der Waals surface area contributed by atoms with Crippen molar-refractivity contribution in [1.29, 1.82) is 0 Å². The van der Waals surface area contributed by atoms with E-state index in [-0.39, 0.29) is 17.6 Å². The second-order valence-electron chi connectivity index (χ2n) is 4.15. The summed E-state index contributed by atoms with van der Waals surface area (Å²) in [6.07, 6.45) is 3.63. The Morgan fingerprint density at radius 2 is 2.40 bits per heavy atom. The van der Waals surface area contributed by atoms with Crippen molar-refractivity contribution >= 4 is 6.41 Å². The third-order valence-corrected chi connectivity index (χ3v) is 3.37. The van der Waals surface area contributed by atoms with Crippen LogP contribution in [-0.2, 0) is 11.2 Å². The van der Waals surface area contributed by atoms with E-state index < -0.39 is 0 Å². The zero-order valence-electron chi connectivity index (χ0n) is 8.14. The summed E-state index contributed by atoms with van der Waals surface area (Å²) in [6.45, 7) is 0. The largest absolute Gasteiger partial charge is 0.333 e. The number of nitrogens with zero attached hydrogens (tertiary/aromatic N) is 2. The molecule has 2 aliphatic rings. The molecule has 2 aliphatic heterocycles. The second kappa shape index (κ2) is 2.92. The van der Waals surface area contributed by atoms with Gasteiger partial charge in [0.25, 0.3) is 5.56 Å². The van der Waals surface area contributed by atoms with Crippen molar-refractivity contribution in [2.45, 2.75) is 31.3 Å². The normalized spacial score (nSPS) is 27.6. The molecule has 3 heterocycles. The lowest BCUT2D eigenvalue weighted by Crippen LogP contribution is -2.37. The number of rotatable bonds is 1. The lowest BCUT2D eigenvalue weighted by molar-refractivity contribution is -0.121. The number of fused-ring (bicyclic) bond motifs is 4. The number of amides is 1. The summed E-state index contributed by atoms with van der Waals surface area (Å²) in [5.74, 6) is 0. The van der Waals surface area contributed by atoms with Gasteiger partial charge in [-0.05, 0) is 24.8 Å². The number of H-pyrrole nitrogens is 1. The number of aromatic nitrogens is 2. The van der Waals surface area contributed by atoms with E-state index in [4.69, 9.17) is 0 Å². The standard InChI is InChI=1S/C10H11N3O2/c14-5-13-7-1-2-8(13)10-6(3-7)4-9(15)11-12-10/h4-5,7-8H,1-3H2,(H,11,15). The minimum atomic E-state index is -0.160. The zero-order valence-corrected chi connectivity index (χ0v) is 8.14. The molecule has 1 amide bonds. The van der Waals surface area contributed by atoms with Crippen LogP contribution in [0.15, 0.2) is 10.9 Å². The van der Waals surface area contributed by atoms with Crippen molar-refractivity contribution in [3.05, 3.63) is 27.7 Å². The van der Waals surface area contributed by atoms with Gasteiger partial charge in [-0.15, -0.1) is 0 Å². The smallest absolute Gasteiger partial charge is 0.264 e. The highest BCUT2D eigenvalue weighted by Gasteiger charge is 2.40. The fraction of sp³-hybridized carbons (Fsp3) is 0.500. The summed E-state index contributed by atoms with van der Waals surface area (Å²) in [5, 5.41) is 6.50. The van der Waals surface area contributed by atoms with Gasteiger partial charge in [0.1, 0.15) is 0 Å². The van der Waals surface area contributed by atoms with Crippen molar-refractivity contribution < 1.29 is 4.79 Å². The Hall–Kier alpha value is -1.65. The summed E-state index contributed by atoms with van der Waals surface area (Å²) in [7, 11) is 0. The third-order valence-electron chi connectivity index (χ3n) is 3.37. The molecular formula is C10H11N3O2. The molecule has 1 aromatic rings. The molecule has 0 radical (unpaired) electrons. The minimum Gasteiger partial charge on any atom is -0.333 e. The Balaban J connectivity index is 2.13. The van der Waals surface area contributed by atoms with E-state index in [0.29, 0.717) is 0 Å². The van der Waals surface area contributed by atoms with Crippen LogP contribution < -0.4 is 5.56 Å². The number of nitrogens with one attached hydrogen (secondary N) is 1. The number of hydrogen-bond donors (Lipinski definition) is 1. The van der Waals surface area contributed by atoms with Gasteiger partial charge in [0, 0.05) is 12.1 Å². The van der Waals surface area contributed by atoms with Crippen LogP contribution in [0.5, 0.6) is 0 Å². The molecule has 5 nitrogen and oxygen atoms in total. The second-order valence-corrected chi connectivity index (χ2v) is 4.15. The summed E-state index contributed by atoms with van der Waals surface area (Å²) in [5.41, 5.74) is 1.72. The number of carbonyl (C=O) groups is 1. The van der Waals surface area contributed by atoms with E-state index in [0.717, 1.165) is 36.9 Å². The Kier molecular flexibility index (Phi) is 1.68. The van der Waals surface area contributed by atoms with Crippen LogP contribution in [0, 0.1) is 0 Å². The molecule has 0 saturated carbocycles. The van der Waals surface area contributed by atoms with Gasteiger partial charge in [-0.1, -0.05) is 0 Å². The fourth-order valence-corrected chi connectivity index (χ4v) is 2.71. The highest BCUT2D eigenvalue weighted by molar-refractivity contribution is 5.52. The van der Waals surface area contributed by atoms with Gasteiger partial charge in [-0.25, -0.2) is 5.10 Å². The van der Waals surface area contributed by atoms with Gasteiger partial charge >= 0.3 is 0 Å². The zero-order chi connectivity index (χ0) is 10.4. The highest BCUT2D eigenvalue weighted by Crippen LogP contribution is 2.40. The predicted octanol–water partition coefficient (Wildman–Crippen LogP) is -0.0121. The molecule has 2 bridgehead atoms. The van der Waals surface area contributed by atoms with Crippen molar-refractivity contribution in [2.24, 2.45) is 0 Å². The molecule has 0 aromatic carbocycles. The molecule has 2 atom stereocenters. The van der Waals surface area contributed by atoms with Crippen LogP contribution in [0.1, 0.15) is 30.1 Å². The molecule has 0 spiro atoms. The molecule has 1 fully saturated rings. The Bertz CT molecular complexity index is 468. The SMILES string of the molecule is O=CN1C2CCC1c1n[nH]c(=O)cc1C2. The first-order valence-corrected chi connectivity index (χ1v) is 5.11. The highest BCUT2D eigenvalue weighted by atomic mass is 16.1. The molecule has 1 saturated heterocycles. The van der Waals surface area contributed by atoms with Gasteiger partial charge < -0.3 is 4.90 Å². The summed E-state index contributed by atoms with van der Waals surface area (Å²) >= 11 is 0. The molecule has 2 unspecified atom stereocenters. The van der Waals surface area contributed by atoms with E-state index in [1.165, 1.54) is 0 Å². The molecule has 15 heavy (non-hydrogen) atoms. The molecule has 0 aliphatic carbocycles. The first kappa shape index (κ1) is 8.64. The van der Waals surface area contributed by atoms with Gasteiger partial charge in [0.05, 0.1) is 11.7 Å². The quantitative estimate of drug-likeness (QED) is 0.656. The van der Waals surface area contributed by atoms with Gasteiger partial charge in [-0.2, -0.15) is 5.10 Å². The number of aromatic amines is 1. The molecular weight excluding hydrogens is 194 g/mol. The molecule has 78 valence electrons. The Labute approximate surface area is 86.1 Å². The van der Waals surface area contributed by atoms with E-state index in [1.807, 2.05) is 4.90 Å². The molecule has 3 rings (SSSR count). The maximum Gasteiger partial charge on any atom is 0.264 e. The van der Waals surface area contributed by atoms with Crippen LogP contribution >= 0.6 is 0 Å². The molecule has 5 heteroatoms. The Morgan fingerprint density at radius 1 is 1.53 bits per heavy atom. The Morgan fingerprint density at radius 3 is 3.20 bits per heavy atom. The topological polar surface area (TPSA) is 66.1 Å². The van der Waals surface area contributed by atoms with Crippen LogP contribution in [-0.4, -0.2) is 27.5 Å². The van der Waals surface area contributed by atoms with E-state index in [2.05, 4.69) is 10.2 Å². The monoisotopic (exact) mass is 205 g/mol. The van der Waals surface area contributed by atoms with Crippen molar-refractivity contribution in [2.75, 3.05) is 0 Å². The van der Waals surface area contributed by atoms with Crippen molar-refractivity contribution in [3.8, 4) is 0 Å². The lowest BCUT2D eigenvalue weighted by Gasteiger charge is -2.31. The first-order chi connectivity index (χ1) is 7.29. The molecule has 1 N–H and O–H groups in total. The molecule has 1 aromatic heterocycles. The maximum atomic E-state index is 11.1. The van der Waals surface area contributed by atoms with E-state index in [1.54, 1.807) is 6.07 Å². The van der Waals surface area contributed by atoms with Gasteiger partial charge in [-0.3, -0.25) is 9.59 Å². The fourth-order valence-electron chi connectivity index (χ4n) is 2.71. The van der Waals surface area contributed by atoms with Gasteiger partial charge in [0.2, 0.25) is 6.41 Å². The first-order valence-electron chi connectivity index (χ1n) is 5.11. The van der Waals surface area contributed by atoms with E-state index >= 15 is 0 Å². The average Bonchev–Trinajstić information content (AvgIpc) is 2.53. The minimum absolute atomic E-state index is 0.0769. The average molecular weight is 205 g/mol. The van der Waals surface area contributed by atoms with Crippen molar-refractivity contribution in [1.82, 2.24) is 15.1 Å². The van der Waals surface area contributed by atoms with Crippen LogP contribution in [0.25, 0.3) is 0 Å². The van der Waals surface area contributed by atoms with Gasteiger partial charge in [0.15, 0.2) is 0 Å². The predicted molar refractivity (Wildman–Crippen MR) is 52.2 cm³/mol.